The van der Waals surface area contributed by atoms with Crippen molar-refractivity contribution >= 4 is 11.8 Å². The average molecular weight is 268 g/mol. The minimum Gasteiger partial charge on any atom is -0.344 e. The van der Waals surface area contributed by atoms with Crippen LogP contribution in [0.3, 0.4) is 0 Å². The Bertz CT molecular complexity index is 328. The minimum atomic E-state index is -0.366. The fourth-order valence-electron chi connectivity index (χ4n) is 2.58. The summed E-state index contributed by atoms with van der Waals surface area (Å²) >= 11 is 0. The fourth-order valence-corrected chi connectivity index (χ4v) is 2.58. The predicted molar refractivity (Wildman–Crippen MR) is 76.6 cm³/mol. The third kappa shape index (κ3) is 4.22. The van der Waals surface area contributed by atoms with Crippen LogP contribution in [-0.2, 0) is 9.59 Å². The Morgan fingerprint density at radius 1 is 1.26 bits per heavy atom. The summed E-state index contributed by atoms with van der Waals surface area (Å²) in [6.07, 6.45) is 2.54. The standard InChI is InChI=1S/C15H28N2O2/c1-6-11(4)9-12(5)17-8-7-13(18)16-14(10(2)3)15(17)19/h10-12,14H,6-9H2,1-5H3,(H,16,18). The molecule has 1 aliphatic rings. The van der Waals surface area contributed by atoms with Crippen molar-refractivity contribution in [2.45, 2.75) is 66.0 Å². The van der Waals surface area contributed by atoms with E-state index in [-0.39, 0.29) is 29.8 Å². The first-order chi connectivity index (χ1) is 8.86. The molecule has 0 saturated carbocycles. The second-order valence-electron chi connectivity index (χ2n) is 6.17. The van der Waals surface area contributed by atoms with Gasteiger partial charge in [-0.25, -0.2) is 0 Å². The Balaban J connectivity index is 2.80. The van der Waals surface area contributed by atoms with Crippen molar-refractivity contribution < 1.29 is 9.59 Å². The van der Waals surface area contributed by atoms with Crippen LogP contribution in [0.5, 0.6) is 0 Å². The quantitative estimate of drug-likeness (QED) is 0.831. The summed E-state index contributed by atoms with van der Waals surface area (Å²) in [6, 6.07) is -0.161. The molecule has 0 aromatic heterocycles. The van der Waals surface area contributed by atoms with Gasteiger partial charge in [-0.15, -0.1) is 0 Å². The van der Waals surface area contributed by atoms with Crippen molar-refractivity contribution in [3.8, 4) is 0 Å². The summed E-state index contributed by atoms with van der Waals surface area (Å²) in [7, 11) is 0. The van der Waals surface area contributed by atoms with Crippen molar-refractivity contribution in [3.05, 3.63) is 0 Å². The molecular weight excluding hydrogens is 240 g/mol. The van der Waals surface area contributed by atoms with Crippen LogP contribution < -0.4 is 5.32 Å². The number of amides is 2. The Hall–Kier alpha value is -1.06. The van der Waals surface area contributed by atoms with Gasteiger partial charge in [0.05, 0.1) is 0 Å². The first-order valence-electron chi connectivity index (χ1n) is 7.46. The average Bonchev–Trinajstić information content (AvgIpc) is 2.49. The zero-order valence-corrected chi connectivity index (χ0v) is 12.9. The summed E-state index contributed by atoms with van der Waals surface area (Å²) in [5.74, 6) is 0.807. The van der Waals surface area contributed by atoms with Gasteiger partial charge in [-0.1, -0.05) is 34.1 Å². The zero-order valence-electron chi connectivity index (χ0n) is 12.9. The van der Waals surface area contributed by atoms with Gasteiger partial charge in [0.25, 0.3) is 0 Å². The van der Waals surface area contributed by atoms with Crippen molar-refractivity contribution in [2.75, 3.05) is 6.54 Å². The van der Waals surface area contributed by atoms with Crippen LogP contribution in [0, 0.1) is 11.8 Å². The highest BCUT2D eigenvalue weighted by atomic mass is 16.2. The smallest absolute Gasteiger partial charge is 0.245 e. The first kappa shape index (κ1) is 16.0. The number of nitrogens with zero attached hydrogens (tertiary/aromatic N) is 1. The maximum atomic E-state index is 12.6. The molecule has 1 heterocycles. The van der Waals surface area contributed by atoms with Gasteiger partial charge in [-0.05, 0) is 25.2 Å². The number of carbonyl (C=O) groups is 2. The Kier molecular flexibility index (Phi) is 5.83. The van der Waals surface area contributed by atoms with Crippen LogP contribution in [-0.4, -0.2) is 35.3 Å². The van der Waals surface area contributed by atoms with Gasteiger partial charge in [-0.3, -0.25) is 9.59 Å². The molecule has 110 valence electrons. The minimum absolute atomic E-state index is 0.00899. The van der Waals surface area contributed by atoms with Gasteiger partial charge in [0.15, 0.2) is 0 Å². The van der Waals surface area contributed by atoms with Gasteiger partial charge >= 0.3 is 0 Å². The monoisotopic (exact) mass is 268 g/mol. The molecule has 0 radical (unpaired) electrons. The van der Waals surface area contributed by atoms with Gasteiger partial charge in [0, 0.05) is 19.0 Å². The van der Waals surface area contributed by atoms with E-state index in [9.17, 15) is 9.59 Å². The van der Waals surface area contributed by atoms with Crippen molar-refractivity contribution in [2.24, 2.45) is 11.8 Å². The lowest BCUT2D eigenvalue weighted by atomic mass is 9.97. The highest BCUT2D eigenvalue weighted by molar-refractivity contribution is 5.90. The van der Waals surface area contributed by atoms with Crippen LogP contribution in [0.25, 0.3) is 0 Å². The number of hydrogen-bond donors (Lipinski definition) is 1. The summed E-state index contributed by atoms with van der Waals surface area (Å²) < 4.78 is 0. The number of hydrogen-bond acceptors (Lipinski definition) is 2. The molecule has 0 aromatic carbocycles. The molecule has 3 unspecified atom stereocenters. The molecule has 1 aliphatic heterocycles. The number of rotatable bonds is 5. The molecule has 3 atom stereocenters. The molecule has 0 bridgehead atoms. The predicted octanol–water partition coefficient (Wildman–Crippen LogP) is 2.18. The molecule has 1 saturated heterocycles. The first-order valence-corrected chi connectivity index (χ1v) is 7.46. The van der Waals surface area contributed by atoms with E-state index in [2.05, 4.69) is 26.1 Å². The molecule has 0 aromatic rings. The highest BCUT2D eigenvalue weighted by Gasteiger charge is 2.34. The lowest BCUT2D eigenvalue weighted by Gasteiger charge is -2.32. The molecule has 1 rings (SSSR count). The Morgan fingerprint density at radius 3 is 2.42 bits per heavy atom. The lowest BCUT2D eigenvalue weighted by Crippen LogP contribution is -2.50. The second-order valence-corrected chi connectivity index (χ2v) is 6.17. The maximum absolute atomic E-state index is 12.6. The summed E-state index contributed by atoms with van der Waals surface area (Å²) in [5, 5.41) is 2.85. The van der Waals surface area contributed by atoms with Crippen LogP contribution in [0.2, 0.25) is 0 Å². The van der Waals surface area contributed by atoms with E-state index in [0.29, 0.717) is 18.9 Å². The normalized spacial score (nSPS) is 24.1. The third-order valence-corrected chi connectivity index (χ3v) is 4.08. The summed E-state index contributed by atoms with van der Waals surface area (Å²) in [4.78, 5) is 26.2. The van der Waals surface area contributed by atoms with Gasteiger partial charge in [0.1, 0.15) is 6.04 Å². The summed E-state index contributed by atoms with van der Waals surface area (Å²) in [6.45, 7) is 11.0. The maximum Gasteiger partial charge on any atom is 0.245 e. The molecule has 0 spiro atoms. The van der Waals surface area contributed by atoms with E-state index in [4.69, 9.17) is 0 Å². The topological polar surface area (TPSA) is 49.4 Å². The SMILES string of the molecule is CCC(C)CC(C)N1CCC(=O)NC(C(C)C)C1=O. The number of nitrogens with one attached hydrogen (secondary N) is 1. The lowest BCUT2D eigenvalue weighted by molar-refractivity contribution is -0.136. The third-order valence-electron chi connectivity index (χ3n) is 4.08. The van der Waals surface area contributed by atoms with Crippen LogP contribution in [0.1, 0.15) is 53.9 Å². The second kappa shape index (κ2) is 6.92. The van der Waals surface area contributed by atoms with Gasteiger partial charge in [-0.2, -0.15) is 0 Å². The van der Waals surface area contributed by atoms with E-state index >= 15 is 0 Å². The molecular formula is C15H28N2O2. The van der Waals surface area contributed by atoms with Crippen LogP contribution in [0.4, 0.5) is 0 Å². The van der Waals surface area contributed by atoms with E-state index in [0.717, 1.165) is 12.8 Å². The largest absolute Gasteiger partial charge is 0.344 e. The van der Waals surface area contributed by atoms with Crippen LogP contribution >= 0.6 is 0 Å². The van der Waals surface area contributed by atoms with Crippen molar-refractivity contribution in [1.82, 2.24) is 10.2 Å². The highest BCUT2D eigenvalue weighted by Crippen LogP contribution is 2.19. The zero-order chi connectivity index (χ0) is 14.6. The molecule has 4 nitrogen and oxygen atoms in total. The van der Waals surface area contributed by atoms with E-state index in [1.807, 2.05) is 18.7 Å². The van der Waals surface area contributed by atoms with E-state index < -0.39 is 0 Å². The van der Waals surface area contributed by atoms with E-state index in [1.54, 1.807) is 0 Å². The molecule has 2 amide bonds. The molecule has 1 fully saturated rings. The van der Waals surface area contributed by atoms with Crippen LogP contribution in [0.15, 0.2) is 0 Å². The molecule has 0 aliphatic carbocycles. The summed E-state index contributed by atoms with van der Waals surface area (Å²) in [5.41, 5.74) is 0. The van der Waals surface area contributed by atoms with E-state index in [1.165, 1.54) is 0 Å². The van der Waals surface area contributed by atoms with Crippen molar-refractivity contribution in [3.63, 3.8) is 0 Å². The molecule has 1 N–H and O–H groups in total. The Labute approximate surface area is 116 Å². The molecule has 19 heavy (non-hydrogen) atoms. The Morgan fingerprint density at radius 2 is 1.89 bits per heavy atom. The van der Waals surface area contributed by atoms with Crippen molar-refractivity contribution in [1.29, 1.82) is 0 Å². The fraction of sp³-hybridized carbons (Fsp3) is 0.867. The molecule has 4 heteroatoms. The van der Waals surface area contributed by atoms with Gasteiger partial charge < -0.3 is 10.2 Å². The van der Waals surface area contributed by atoms with Gasteiger partial charge in [0.2, 0.25) is 11.8 Å². The number of carbonyl (C=O) groups excluding carboxylic acids is 2.